The van der Waals surface area contributed by atoms with Crippen LogP contribution in [0.1, 0.15) is 19.4 Å². The third kappa shape index (κ3) is 5.87. The number of hydrogen-bond acceptors (Lipinski definition) is 4. The van der Waals surface area contributed by atoms with Gasteiger partial charge in [-0.15, -0.1) is 0 Å². The molecule has 0 saturated heterocycles. The Kier molecular flexibility index (Phi) is 7.32. The fourth-order valence-electron chi connectivity index (χ4n) is 2.76. The van der Waals surface area contributed by atoms with Crippen LogP contribution in [0, 0.1) is 6.92 Å². The van der Waals surface area contributed by atoms with Crippen LogP contribution in [0.5, 0.6) is 5.75 Å². The van der Waals surface area contributed by atoms with Gasteiger partial charge < -0.3 is 10.1 Å². The number of aryl methyl sites for hydroxylation is 1. The van der Waals surface area contributed by atoms with Crippen molar-refractivity contribution in [1.29, 1.82) is 0 Å². The van der Waals surface area contributed by atoms with Crippen LogP contribution in [0.3, 0.4) is 0 Å². The molecule has 1 amide bonds. The van der Waals surface area contributed by atoms with E-state index in [0.717, 1.165) is 21.9 Å². The molecule has 0 aliphatic carbocycles. The van der Waals surface area contributed by atoms with E-state index < -0.39 is 22.0 Å². The molecule has 28 heavy (non-hydrogen) atoms. The number of para-hydroxylation sites is 1. The van der Waals surface area contributed by atoms with Crippen LogP contribution in [0.25, 0.3) is 0 Å². The fourth-order valence-corrected chi connectivity index (χ4v) is 4.11. The molecule has 0 aliphatic heterocycles. The van der Waals surface area contributed by atoms with Gasteiger partial charge in [-0.2, -0.15) is 0 Å². The second-order valence-corrected chi connectivity index (χ2v) is 9.00. The maximum absolute atomic E-state index is 12.7. The Morgan fingerprint density at radius 1 is 1.18 bits per heavy atom. The average Bonchev–Trinajstić information content (AvgIpc) is 2.60. The number of amides is 1. The van der Waals surface area contributed by atoms with Crippen molar-refractivity contribution in [2.75, 3.05) is 17.2 Å². The van der Waals surface area contributed by atoms with Crippen molar-refractivity contribution in [3.05, 3.63) is 59.1 Å². The molecule has 0 radical (unpaired) electrons. The summed E-state index contributed by atoms with van der Waals surface area (Å²) in [6.07, 6.45) is 1.06. The lowest BCUT2D eigenvalue weighted by atomic mass is 10.2. The van der Waals surface area contributed by atoms with Gasteiger partial charge in [0.1, 0.15) is 18.4 Å². The van der Waals surface area contributed by atoms with E-state index in [-0.39, 0.29) is 12.6 Å². The number of rotatable bonds is 8. The minimum atomic E-state index is -3.69. The molecule has 1 N–H and O–H groups in total. The van der Waals surface area contributed by atoms with E-state index in [1.54, 1.807) is 25.1 Å². The van der Waals surface area contributed by atoms with Crippen molar-refractivity contribution >= 4 is 33.2 Å². The van der Waals surface area contributed by atoms with Gasteiger partial charge in [-0.3, -0.25) is 9.10 Å². The van der Waals surface area contributed by atoms with Crippen molar-refractivity contribution in [3.8, 4) is 5.75 Å². The zero-order chi connectivity index (χ0) is 20.9. The third-order valence-electron chi connectivity index (χ3n) is 4.12. The molecule has 0 unspecified atom stereocenters. The molecule has 152 valence electrons. The first kappa shape index (κ1) is 22.0. The highest BCUT2D eigenvalue weighted by atomic mass is 35.5. The van der Waals surface area contributed by atoms with Gasteiger partial charge in [0.05, 0.1) is 18.0 Å². The second kappa shape index (κ2) is 9.30. The number of benzene rings is 2. The van der Waals surface area contributed by atoms with E-state index >= 15 is 0 Å². The minimum absolute atomic E-state index is 0.263. The van der Waals surface area contributed by atoms with Crippen LogP contribution in [0.4, 0.5) is 5.69 Å². The van der Waals surface area contributed by atoms with E-state index in [2.05, 4.69) is 5.32 Å². The predicted octanol–water partition coefficient (Wildman–Crippen LogP) is 3.39. The van der Waals surface area contributed by atoms with Crippen molar-refractivity contribution in [2.45, 2.75) is 32.9 Å². The van der Waals surface area contributed by atoms with Crippen LogP contribution in [0.15, 0.2) is 48.5 Å². The highest BCUT2D eigenvalue weighted by Gasteiger charge is 2.29. The Bertz CT molecular complexity index is 933. The zero-order valence-electron chi connectivity index (χ0n) is 16.3. The van der Waals surface area contributed by atoms with Crippen molar-refractivity contribution in [1.82, 2.24) is 5.32 Å². The maximum Gasteiger partial charge on any atom is 0.243 e. The molecule has 0 aromatic heterocycles. The van der Waals surface area contributed by atoms with Gasteiger partial charge >= 0.3 is 0 Å². The highest BCUT2D eigenvalue weighted by molar-refractivity contribution is 7.92. The lowest BCUT2D eigenvalue weighted by Gasteiger charge is -2.29. The summed E-state index contributed by atoms with van der Waals surface area (Å²) in [6.45, 7) is 5.54. The molecule has 2 rings (SSSR count). The summed E-state index contributed by atoms with van der Waals surface area (Å²) >= 11 is 5.98. The fraction of sp³-hybridized carbons (Fsp3) is 0.350. The summed E-state index contributed by atoms with van der Waals surface area (Å²) < 4.78 is 31.4. The van der Waals surface area contributed by atoms with Gasteiger partial charge in [0.2, 0.25) is 15.9 Å². The Balaban J connectivity index is 2.07. The summed E-state index contributed by atoms with van der Waals surface area (Å²) in [5.74, 6) is 0.319. The predicted molar refractivity (Wildman–Crippen MR) is 113 cm³/mol. The molecule has 2 aromatic rings. The van der Waals surface area contributed by atoms with Crippen molar-refractivity contribution in [2.24, 2.45) is 0 Å². The lowest BCUT2D eigenvalue weighted by molar-refractivity contribution is -0.122. The molecule has 0 fully saturated rings. The summed E-state index contributed by atoms with van der Waals surface area (Å²) in [5, 5.41) is 3.19. The van der Waals surface area contributed by atoms with E-state index in [1.807, 2.05) is 31.2 Å². The Hall–Kier alpha value is -2.25. The first-order valence-corrected chi connectivity index (χ1v) is 11.1. The third-order valence-corrected chi connectivity index (χ3v) is 5.60. The molecule has 0 bridgehead atoms. The first-order valence-electron chi connectivity index (χ1n) is 8.83. The first-order chi connectivity index (χ1) is 13.1. The maximum atomic E-state index is 12.7. The van der Waals surface area contributed by atoms with Crippen molar-refractivity contribution in [3.63, 3.8) is 0 Å². The van der Waals surface area contributed by atoms with E-state index in [4.69, 9.17) is 16.3 Å². The number of halogens is 1. The van der Waals surface area contributed by atoms with Crippen LogP contribution in [-0.4, -0.2) is 39.3 Å². The topological polar surface area (TPSA) is 75.7 Å². The Morgan fingerprint density at radius 2 is 1.86 bits per heavy atom. The molecular weight excluding hydrogens is 400 g/mol. The number of carbonyl (C=O) groups is 1. The van der Waals surface area contributed by atoms with Crippen LogP contribution < -0.4 is 14.4 Å². The molecule has 6 nitrogen and oxygen atoms in total. The average molecular weight is 425 g/mol. The van der Waals surface area contributed by atoms with E-state index in [1.165, 1.54) is 13.0 Å². The number of sulfonamides is 1. The number of nitrogens with zero attached hydrogens (tertiary/aromatic N) is 1. The van der Waals surface area contributed by atoms with Gasteiger partial charge in [-0.25, -0.2) is 8.42 Å². The number of carbonyl (C=O) groups excluding carboxylic acids is 1. The molecule has 8 heteroatoms. The molecule has 2 atom stereocenters. The van der Waals surface area contributed by atoms with Gasteiger partial charge in [0.25, 0.3) is 0 Å². The van der Waals surface area contributed by atoms with Gasteiger partial charge in [-0.1, -0.05) is 35.9 Å². The summed E-state index contributed by atoms with van der Waals surface area (Å²) in [7, 11) is -3.69. The molecule has 0 heterocycles. The summed E-state index contributed by atoms with van der Waals surface area (Å²) in [4.78, 5) is 12.7. The monoisotopic (exact) mass is 424 g/mol. The Morgan fingerprint density at radius 3 is 2.46 bits per heavy atom. The standard InChI is InChI=1S/C20H25ClN2O4S/c1-14-8-5-6-11-19(14)27-13-15(2)22-20(24)16(3)23(28(4,25)26)18-10-7-9-17(21)12-18/h5-12,15-16H,13H2,1-4H3,(H,22,24)/t15-,16+/m1/s1. The number of nitrogens with one attached hydrogen (secondary N) is 1. The molecular formula is C20H25ClN2O4S. The van der Waals surface area contributed by atoms with E-state index in [0.29, 0.717) is 10.7 Å². The molecule has 0 aliphatic rings. The number of ether oxygens (including phenoxy) is 1. The zero-order valence-corrected chi connectivity index (χ0v) is 17.9. The molecule has 0 spiro atoms. The van der Waals surface area contributed by atoms with Gasteiger partial charge in [0.15, 0.2) is 0 Å². The normalized spacial score (nSPS) is 13.5. The second-order valence-electron chi connectivity index (χ2n) is 6.70. The van der Waals surface area contributed by atoms with Gasteiger partial charge in [-0.05, 0) is 50.6 Å². The van der Waals surface area contributed by atoms with Crippen LogP contribution in [0.2, 0.25) is 5.02 Å². The number of anilines is 1. The molecule has 0 saturated carbocycles. The van der Waals surface area contributed by atoms with E-state index in [9.17, 15) is 13.2 Å². The van der Waals surface area contributed by atoms with Crippen LogP contribution >= 0.6 is 11.6 Å². The lowest BCUT2D eigenvalue weighted by Crippen LogP contribution is -2.50. The van der Waals surface area contributed by atoms with Crippen LogP contribution in [-0.2, 0) is 14.8 Å². The SMILES string of the molecule is Cc1ccccc1OC[C@@H](C)NC(=O)[C@H](C)N(c1cccc(Cl)c1)S(C)(=O)=O. The smallest absolute Gasteiger partial charge is 0.243 e. The quantitative estimate of drug-likeness (QED) is 0.704. The minimum Gasteiger partial charge on any atom is -0.491 e. The summed E-state index contributed by atoms with van der Waals surface area (Å²) in [5.41, 5.74) is 1.33. The molecule has 2 aromatic carbocycles. The number of hydrogen-bond donors (Lipinski definition) is 1. The Labute approximate surface area is 171 Å². The largest absolute Gasteiger partial charge is 0.491 e. The van der Waals surface area contributed by atoms with Crippen molar-refractivity contribution < 1.29 is 17.9 Å². The summed E-state index contributed by atoms with van der Waals surface area (Å²) in [6, 6.07) is 12.7. The highest BCUT2D eigenvalue weighted by Crippen LogP contribution is 2.24. The van der Waals surface area contributed by atoms with Gasteiger partial charge in [0, 0.05) is 5.02 Å².